The van der Waals surface area contributed by atoms with Gasteiger partial charge in [0.15, 0.2) is 0 Å². The van der Waals surface area contributed by atoms with Crippen molar-refractivity contribution >= 4 is 53.1 Å². The van der Waals surface area contributed by atoms with E-state index in [1.165, 1.54) is 35.6 Å². The van der Waals surface area contributed by atoms with Gasteiger partial charge >= 0.3 is 0 Å². The van der Waals surface area contributed by atoms with Crippen LogP contribution in [-0.4, -0.2) is 0 Å². The van der Waals surface area contributed by atoms with E-state index in [0.29, 0.717) is 10.7 Å². The summed E-state index contributed by atoms with van der Waals surface area (Å²) in [5.41, 5.74) is 3.50. The van der Waals surface area contributed by atoms with Gasteiger partial charge in [-0.05, 0) is 69.4 Å². The summed E-state index contributed by atoms with van der Waals surface area (Å²) in [6, 6.07) is 24.5. The Bertz CT molecular complexity index is 2140. The third-order valence-electron chi connectivity index (χ3n) is 7.11. The van der Waals surface area contributed by atoms with Crippen molar-refractivity contribution in [1.29, 1.82) is 10.5 Å². The second-order valence-electron chi connectivity index (χ2n) is 9.17. The van der Waals surface area contributed by atoms with E-state index in [-0.39, 0.29) is 11.6 Å². The summed E-state index contributed by atoms with van der Waals surface area (Å²) in [6.07, 6.45) is 3.89. The molecule has 6 aromatic carbocycles. The van der Waals surface area contributed by atoms with Crippen LogP contribution in [0.25, 0.3) is 64.0 Å². The fraction of sp³-hybridized carbons (Fsp3) is 0. The first kappa shape index (κ1) is 22.9. The highest BCUT2D eigenvalue weighted by atomic mass is 32.1. The molecular formula is C32H14F2N4S. The van der Waals surface area contributed by atoms with Crippen molar-refractivity contribution in [2.75, 3.05) is 0 Å². The summed E-state index contributed by atoms with van der Waals surface area (Å²) >= 11 is 1.46. The number of hydrogen-bond acceptors (Lipinski definition) is 5. The average Bonchev–Trinajstić information content (AvgIpc) is 3.57. The zero-order valence-electron chi connectivity index (χ0n) is 20.0. The fourth-order valence-electron chi connectivity index (χ4n) is 5.41. The first-order valence-electron chi connectivity index (χ1n) is 12.0. The molecule has 182 valence electrons. The lowest BCUT2D eigenvalue weighted by atomic mass is 10.0. The molecular weight excluding hydrogens is 510 g/mol. The Kier molecular flexibility index (Phi) is 5.09. The second-order valence-corrected chi connectivity index (χ2v) is 10.2. The molecule has 4 nitrogen and oxygen atoms in total. The van der Waals surface area contributed by atoms with Crippen molar-refractivity contribution in [3.05, 3.63) is 107 Å². The number of hydrogen-bond donors (Lipinski definition) is 0. The molecule has 0 aliphatic carbocycles. The summed E-state index contributed by atoms with van der Waals surface area (Å²) in [6.45, 7) is 0. The van der Waals surface area contributed by atoms with Crippen molar-refractivity contribution in [3.63, 3.8) is 0 Å². The summed E-state index contributed by atoms with van der Waals surface area (Å²) in [5.74, 6) is -0.610. The van der Waals surface area contributed by atoms with Crippen molar-refractivity contribution < 1.29 is 8.78 Å². The van der Waals surface area contributed by atoms with Gasteiger partial charge in [-0.1, -0.05) is 48.5 Å². The van der Waals surface area contributed by atoms with E-state index in [0.717, 1.165) is 64.0 Å². The molecule has 7 aromatic rings. The molecule has 1 aromatic heterocycles. The second kappa shape index (κ2) is 8.66. The summed E-state index contributed by atoms with van der Waals surface area (Å²) in [7, 11) is 0. The van der Waals surface area contributed by atoms with Crippen molar-refractivity contribution in [1.82, 2.24) is 0 Å². The topological polar surface area (TPSA) is 72.3 Å². The third-order valence-corrected chi connectivity index (χ3v) is 8.31. The predicted octanol–water partition coefficient (Wildman–Crippen LogP) is 7.61. The minimum atomic E-state index is -0.305. The van der Waals surface area contributed by atoms with Crippen LogP contribution in [0.15, 0.2) is 94.9 Å². The Labute approximate surface area is 224 Å². The van der Waals surface area contributed by atoms with E-state index in [1.54, 1.807) is 24.3 Å². The zero-order chi connectivity index (χ0) is 26.7. The average molecular weight is 525 g/mol. The van der Waals surface area contributed by atoms with Gasteiger partial charge in [0.25, 0.3) is 0 Å². The number of nitriles is 2. The maximum atomic E-state index is 13.5. The highest BCUT2D eigenvalue weighted by molar-refractivity contribution is 7.26. The fourth-order valence-corrected chi connectivity index (χ4v) is 6.74. The normalized spacial score (nSPS) is 12.6. The van der Waals surface area contributed by atoms with Crippen LogP contribution in [-0.2, 0) is 0 Å². The molecule has 1 heterocycles. The van der Waals surface area contributed by atoms with Crippen LogP contribution >= 0.6 is 11.3 Å². The maximum Gasteiger partial charge on any atom is 0.206 e. The smallest absolute Gasteiger partial charge is 0.206 e. The number of nitrogens with zero attached hydrogens (tertiary/aromatic N) is 4. The van der Waals surface area contributed by atoms with Crippen LogP contribution in [0.2, 0.25) is 0 Å². The molecule has 0 radical (unpaired) electrons. The molecule has 0 aliphatic rings. The van der Waals surface area contributed by atoms with Gasteiger partial charge in [-0.3, -0.25) is 0 Å². The third kappa shape index (κ3) is 3.45. The highest BCUT2D eigenvalue weighted by Crippen LogP contribution is 2.42. The molecule has 0 saturated carbocycles. The highest BCUT2D eigenvalue weighted by Gasteiger charge is 2.21. The molecule has 0 bridgehead atoms. The first-order valence-corrected chi connectivity index (χ1v) is 12.8. The number of fused-ring (bicyclic) bond motifs is 7. The minimum absolute atomic E-state index is 0.305. The van der Waals surface area contributed by atoms with Gasteiger partial charge in [-0.25, -0.2) is 8.78 Å². The van der Waals surface area contributed by atoms with E-state index in [2.05, 4.69) is 9.98 Å². The number of benzene rings is 4. The molecule has 0 atom stereocenters. The molecule has 0 amide bonds. The van der Waals surface area contributed by atoms with Gasteiger partial charge in [0.2, 0.25) is 12.4 Å². The van der Waals surface area contributed by atoms with Crippen molar-refractivity contribution in [2.45, 2.75) is 0 Å². The summed E-state index contributed by atoms with van der Waals surface area (Å²) < 4.78 is 28.7. The van der Waals surface area contributed by atoms with Crippen molar-refractivity contribution in [2.24, 2.45) is 9.98 Å². The molecule has 0 unspecified atom stereocenters. The van der Waals surface area contributed by atoms with E-state index < -0.39 is 0 Å². The predicted molar refractivity (Wildman–Crippen MR) is 150 cm³/mol. The minimum Gasteiger partial charge on any atom is -0.207 e. The maximum absolute atomic E-state index is 13.5. The Morgan fingerprint density at radius 1 is 0.513 bits per heavy atom. The molecule has 7 rings (SSSR count). The van der Waals surface area contributed by atoms with E-state index in [4.69, 9.17) is 0 Å². The molecule has 39 heavy (non-hydrogen) atoms. The van der Waals surface area contributed by atoms with Crippen LogP contribution in [0.4, 0.5) is 8.78 Å². The molecule has 7 heteroatoms. The zero-order valence-corrected chi connectivity index (χ0v) is 20.9. The standard InChI is InChI=1S/C32H14F2N4S/c33-21-7-1-17(2-8-21)19-5-11-23-25(13-19)29(37-15-35)31-27(23)28-24-12-6-20(18-3-9-22(34)10-4-18)14-26(24)30(38-16-36)32(28)39-31/h1-14H. The Morgan fingerprint density at radius 3 is 1.28 bits per heavy atom. The Morgan fingerprint density at radius 2 is 0.897 bits per heavy atom. The summed E-state index contributed by atoms with van der Waals surface area (Å²) in [5, 5.41) is 25.7. The van der Waals surface area contributed by atoms with Gasteiger partial charge < -0.3 is 0 Å². The number of halogens is 2. The van der Waals surface area contributed by atoms with E-state index >= 15 is 0 Å². The molecule has 0 N–H and O–H groups in total. The molecule has 0 spiro atoms. The van der Waals surface area contributed by atoms with Crippen LogP contribution in [0.3, 0.4) is 0 Å². The lowest BCUT2D eigenvalue weighted by Gasteiger charge is -2.03. The summed E-state index contributed by atoms with van der Waals surface area (Å²) in [4.78, 5) is 8.39. The van der Waals surface area contributed by atoms with Crippen LogP contribution in [0.1, 0.15) is 0 Å². The first-order chi connectivity index (χ1) is 19.1. The Hall–Kier alpha value is -5.24. The van der Waals surface area contributed by atoms with Crippen LogP contribution in [0.5, 0.6) is 0 Å². The van der Waals surface area contributed by atoms with E-state index in [1.807, 2.05) is 48.8 Å². The molecule has 0 aliphatic heterocycles. The van der Waals surface area contributed by atoms with Gasteiger partial charge in [0, 0.05) is 21.5 Å². The largest absolute Gasteiger partial charge is 0.207 e. The van der Waals surface area contributed by atoms with E-state index in [9.17, 15) is 19.3 Å². The lowest BCUT2D eigenvalue weighted by Crippen LogP contribution is -1.98. The Balaban J connectivity index is 1.57. The molecule has 0 saturated heterocycles. The SMILES string of the molecule is N#CN=c1c2cc(-c3ccc(F)cc3)ccc2c2c1sc1c(=NC#N)c3cc(-c4ccc(F)cc4)ccc3c12. The van der Waals surface area contributed by atoms with Crippen LogP contribution in [0, 0.1) is 34.5 Å². The monoisotopic (exact) mass is 524 g/mol. The van der Waals surface area contributed by atoms with Crippen LogP contribution < -0.4 is 10.7 Å². The van der Waals surface area contributed by atoms with Gasteiger partial charge in [0.1, 0.15) is 22.3 Å². The van der Waals surface area contributed by atoms with Gasteiger partial charge in [-0.2, -0.15) is 20.5 Å². The van der Waals surface area contributed by atoms with Gasteiger partial charge in [-0.15, -0.1) is 11.3 Å². The lowest BCUT2D eigenvalue weighted by molar-refractivity contribution is 0.627. The van der Waals surface area contributed by atoms with Gasteiger partial charge in [0.05, 0.1) is 9.40 Å². The number of rotatable bonds is 2. The quantitative estimate of drug-likeness (QED) is 0.218. The molecule has 0 fully saturated rings. The number of thiophene rings is 1. The van der Waals surface area contributed by atoms with Crippen molar-refractivity contribution in [3.8, 4) is 34.6 Å².